The molecule has 0 aliphatic carbocycles. The Hall–Kier alpha value is -2.24. The minimum atomic E-state index is -1.07. The van der Waals surface area contributed by atoms with Gasteiger partial charge in [-0.15, -0.1) is 0 Å². The summed E-state index contributed by atoms with van der Waals surface area (Å²) in [6, 6.07) is 4.68. The monoisotopic (exact) mass is 309 g/mol. The van der Waals surface area contributed by atoms with Crippen molar-refractivity contribution < 1.29 is 24.2 Å². The van der Waals surface area contributed by atoms with Crippen LogP contribution in [0.3, 0.4) is 0 Å². The fourth-order valence-electron chi connectivity index (χ4n) is 1.62. The van der Waals surface area contributed by atoms with Crippen molar-refractivity contribution >= 4 is 11.9 Å². The summed E-state index contributed by atoms with van der Waals surface area (Å²) in [5.41, 5.74) is 0.429. The molecule has 0 unspecified atom stereocenters. The van der Waals surface area contributed by atoms with Crippen molar-refractivity contribution in [1.82, 2.24) is 5.32 Å². The van der Waals surface area contributed by atoms with Gasteiger partial charge in [0, 0.05) is 12.1 Å². The smallest absolute Gasteiger partial charge is 0.341 e. The van der Waals surface area contributed by atoms with Crippen molar-refractivity contribution in [2.75, 3.05) is 19.8 Å². The van der Waals surface area contributed by atoms with Crippen molar-refractivity contribution in [3.63, 3.8) is 0 Å². The zero-order chi connectivity index (χ0) is 16.8. The van der Waals surface area contributed by atoms with E-state index in [0.717, 1.165) is 0 Å². The third-order valence-electron chi connectivity index (χ3n) is 2.64. The molecular weight excluding hydrogens is 286 g/mol. The molecule has 2 N–H and O–H groups in total. The third kappa shape index (κ3) is 6.03. The maximum absolute atomic E-state index is 12.1. The van der Waals surface area contributed by atoms with E-state index in [1.54, 1.807) is 25.1 Å². The predicted molar refractivity (Wildman–Crippen MR) is 82.5 cm³/mol. The summed E-state index contributed by atoms with van der Waals surface area (Å²) >= 11 is 0. The number of hydrogen-bond donors (Lipinski definition) is 2. The molecule has 22 heavy (non-hydrogen) atoms. The lowest BCUT2D eigenvalue weighted by molar-refractivity contribution is -0.139. The Labute approximate surface area is 130 Å². The van der Waals surface area contributed by atoms with E-state index in [4.69, 9.17) is 14.6 Å². The fourth-order valence-corrected chi connectivity index (χ4v) is 1.62. The van der Waals surface area contributed by atoms with Gasteiger partial charge in [0.25, 0.3) is 5.91 Å². The van der Waals surface area contributed by atoms with E-state index in [1.165, 1.54) is 0 Å². The Morgan fingerprint density at radius 3 is 2.41 bits per heavy atom. The maximum atomic E-state index is 12.1. The molecule has 0 spiro atoms. The quantitative estimate of drug-likeness (QED) is 0.807. The van der Waals surface area contributed by atoms with Crippen LogP contribution in [0.15, 0.2) is 18.2 Å². The Balaban J connectivity index is 2.86. The number of rotatable bonds is 7. The number of carboxylic acids is 1. The van der Waals surface area contributed by atoms with Crippen LogP contribution in [0.1, 0.15) is 38.1 Å². The minimum absolute atomic E-state index is 0.0110. The Morgan fingerprint density at radius 1 is 1.18 bits per heavy atom. The highest BCUT2D eigenvalue weighted by Gasteiger charge is 2.15. The molecule has 1 rings (SSSR count). The van der Waals surface area contributed by atoms with E-state index in [-0.39, 0.29) is 11.3 Å². The van der Waals surface area contributed by atoms with Gasteiger partial charge in [0.05, 0.1) is 6.61 Å². The first-order valence-corrected chi connectivity index (χ1v) is 7.12. The van der Waals surface area contributed by atoms with Crippen LogP contribution in [-0.4, -0.2) is 36.7 Å². The zero-order valence-electron chi connectivity index (χ0n) is 13.4. The Kier molecular flexibility index (Phi) is 6.22. The van der Waals surface area contributed by atoms with Crippen molar-refractivity contribution in [3.05, 3.63) is 23.8 Å². The van der Waals surface area contributed by atoms with Gasteiger partial charge in [-0.3, -0.25) is 4.79 Å². The fraction of sp³-hybridized carbons (Fsp3) is 0.500. The number of carbonyl (C=O) groups excluding carboxylic acids is 1. The molecule has 0 atom stereocenters. The van der Waals surface area contributed by atoms with Crippen molar-refractivity contribution in [3.8, 4) is 11.5 Å². The van der Waals surface area contributed by atoms with Crippen molar-refractivity contribution in [2.24, 2.45) is 5.41 Å². The molecule has 1 aromatic rings. The predicted octanol–water partition coefficient (Wildman–Crippen LogP) is 2.32. The number of amides is 1. The first-order chi connectivity index (χ1) is 10.2. The second-order valence-electron chi connectivity index (χ2n) is 6.02. The molecule has 0 saturated heterocycles. The van der Waals surface area contributed by atoms with Gasteiger partial charge in [-0.25, -0.2) is 4.79 Å². The average molecular weight is 309 g/mol. The molecule has 0 fully saturated rings. The molecule has 1 amide bonds. The van der Waals surface area contributed by atoms with Crippen LogP contribution in [0.2, 0.25) is 0 Å². The lowest BCUT2D eigenvalue weighted by Crippen LogP contribution is -2.32. The van der Waals surface area contributed by atoms with Gasteiger partial charge in [0.1, 0.15) is 0 Å². The Bertz CT molecular complexity index is 534. The first-order valence-electron chi connectivity index (χ1n) is 7.12. The Morgan fingerprint density at radius 2 is 1.86 bits per heavy atom. The van der Waals surface area contributed by atoms with E-state index in [0.29, 0.717) is 30.2 Å². The highest BCUT2D eigenvalue weighted by atomic mass is 16.5. The number of hydrogen-bond acceptors (Lipinski definition) is 4. The lowest BCUT2D eigenvalue weighted by atomic mass is 9.97. The molecule has 0 heterocycles. The normalized spacial score (nSPS) is 10.9. The van der Waals surface area contributed by atoms with E-state index < -0.39 is 12.6 Å². The number of ether oxygens (including phenoxy) is 2. The number of aliphatic carboxylic acids is 1. The minimum Gasteiger partial charge on any atom is -0.490 e. The van der Waals surface area contributed by atoms with Crippen LogP contribution in [0.5, 0.6) is 11.5 Å². The highest BCUT2D eigenvalue weighted by Crippen LogP contribution is 2.28. The standard InChI is InChI=1S/C16H23NO5/c1-5-21-13-8-11(15(20)17-10-16(2,3)4)6-7-12(13)22-9-14(18)19/h6-8H,5,9-10H2,1-4H3,(H,17,20)(H,18,19). The average Bonchev–Trinajstić information content (AvgIpc) is 2.42. The molecule has 1 aromatic carbocycles. The van der Waals surface area contributed by atoms with Crippen LogP contribution in [0, 0.1) is 5.41 Å². The molecule has 0 aromatic heterocycles. The molecule has 0 radical (unpaired) electrons. The molecular formula is C16H23NO5. The molecule has 0 aliphatic rings. The van der Waals surface area contributed by atoms with Crippen LogP contribution in [-0.2, 0) is 4.79 Å². The topological polar surface area (TPSA) is 84.9 Å². The van der Waals surface area contributed by atoms with Crippen LogP contribution >= 0.6 is 0 Å². The second kappa shape index (κ2) is 7.68. The molecule has 0 bridgehead atoms. The number of carboxylic acid groups (broad SMARTS) is 1. The number of carbonyl (C=O) groups is 2. The maximum Gasteiger partial charge on any atom is 0.341 e. The first kappa shape index (κ1) is 17.8. The van der Waals surface area contributed by atoms with Crippen molar-refractivity contribution in [1.29, 1.82) is 0 Å². The van der Waals surface area contributed by atoms with Gasteiger partial charge in [0.2, 0.25) is 0 Å². The molecule has 0 saturated carbocycles. The SMILES string of the molecule is CCOc1cc(C(=O)NCC(C)(C)C)ccc1OCC(=O)O. The largest absolute Gasteiger partial charge is 0.490 e. The summed E-state index contributed by atoms with van der Waals surface area (Å²) in [5, 5.41) is 11.5. The van der Waals surface area contributed by atoms with Gasteiger partial charge in [0.15, 0.2) is 18.1 Å². The molecule has 122 valence electrons. The summed E-state index contributed by atoms with van der Waals surface area (Å²) in [6.07, 6.45) is 0. The van der Waals surface area contributed by atoms with Gasteiger partial charge in [-0.05, 0) is 30.5 Å². The van der Waals surface area contributed by atoms with Crippen LogP contribution in [0.4, 0.5) is 0 Å². The molecule has 6 nitrogen and oxygen atoms in total. The molecule has 0 aliphatic heterocycles. The summed E-state index contributed by atoms with van der Waals surface area (Å²) in [5.74, 6) is -0.626. The third-order valence-corrected chi connectivity index (χ3v) is 2.64. The van der Waals surface area contributed by atoms with E-state index in [9.17, 15) is 9.59 Å². The van der Waals surface area contributed by atoms with Gasteiger partial charge < -0.3 is 19.9 Å². The van der Waals surface area contributed by atoms with E-state index in [1.807, 2.05) is 20.8 Å². The number of benzene rings is 1. The van der Waals surface area contributed by atoms with Crippen LogP contribution < -0.4 is 14.8 Å². The summed E-state index contributed by atoms with van der Waals surface area (Å²) in [7, 11) is 0. The summed E-state index contributed by atoms with van der Waals surface area (Å²) in [4.78, 5) is 22.7. The van der Waals surface area contributed by atoms with Crippen LogP contribution in [0.25, 0.3) is 0 Å². The van der Waals surface area contributed by atoms with Gasteiger partial charge >= 0.3 is 5.97 Å². The summed E-state index contributed by atoms with van der Waals surface area (Å²) < 4.78 is 10.6. The molecule has 6 heteroatoms. The highest BCUT2D eigenvalue weighted by molar-refractivity contribution is 5.94. The van der Waals surface area contributed by atoms with E-state index in [2.05, 4.69) is 5.32 Å². The van der Waals surface area contributed by atoms with Gasteiger partial charge in [-0.2, -0.15) is 0 Å². The summed E-state index contributed by atoms with van der Waals surface area (Å²) in [6.45, 7) is 8.36. The second-order valence-corrected chi connectivity index (χ2v) is 6.02. The zero-order valence-corrected chi connectivity index (χ0v) is 13.4. The van der Waals surface area contributed by atoms with Crippen molar-refractivity contribution in [2.45, 2.75) is 27.7 Å². The van der Waals surface area contributed by atoms with Gasteiger partial charge in [-0.1, -0.05) is 20.8 Å². The lowest BCUT2D eigenvalue weighted by Gasteiger charge is -2.19. The van der Waals surface area contributed by atoms with E-state index >= 15 is 0 Å². The number of nitrogens with one attached hydrogen (secondary N) is 1.